The molecular formula is C16H24OSi. The summed E-state index contributed by atoms with van der Waals surface area (Å²) in [5.41, 5.74) is 7.08. The van der Waals surface area contributed by atoms with Crippen molar-refractivity contribution in [2.75, 3.05) is 6.61 Å². The van der Waals surface area contributed by atoms with Crippen molar-refractivity contribution in [2.45, 2.75) is 45.8 Å². The number of benzene rings is 1. The van der Waals surface area contributed by atoms with Crippen molar-refractivity contribution in [3.8, 4) is 11.5 Å². The maximum atomic E-state index is 9.07. The lowest BCUT2D eigenvalue weighted by Gasteiger charge is -2.13. The van der Waals surface area contributed by atoms with Gasteiger partial charge in [0.1, 0.15) is 8.07 Å². The molecule has 0 fully saturated rings. The topological polar surface area (TPSA) is 20.2 Å². The zero-order valence-corrected chi connectivity index (χ0v) is 13.2. The van der Waals surface area contributed by atoms with Crippen LogP contribution in [0.3, 0.4) is 0 Å². The van der Waals surface area contributed by atoms with E-state index in [1.165, 1.54) is 11.1 Å². The summed E-state index contributed by atoms with van der Waals surface area (Å²) >= 11 is 0. The standard InChI is InChI=1S/C16H24OSi/c1-13-6-7-16(14(2)8-10-17)15(12-13)9-11-18(3,4)5/h6-7,12,14,17H,8,10H2,1-5H3/t14-/m0/s1. The number of aliphatic hydroxyl groups excluding tert-OH is 1. The minimum atomic E-state index is -1.34. The van der Waals surface area contributed by atoms with Gasteiger partial charge in [0.05, 0.1) is 0 Å². The van der Waals surface area contributed by atoms with Gasteiger partial charge in [-0.25, -0.2) is 0 Å². The van der Waals surface area contributed by atoms with Crippen LogP contribution in [0, 0.1) is 18.4 Å². The highest BCUT2D eigenvalue weighted by Gasteiger charge is 2.11. The molecule has 0 saturated heterocycles. The molecule has 0 aliphatic heterocycles. The fraction of sp³-hybridized carbons (Fsp3) is 0.500. The minimum absolute atomic E-state index is 0.232. The van der Waals surface area contributed by atoms with Crippen molar-refractivity contribution in [1.29, 1.82) is 0 Å². The first-order chi connectivity index (χ1) is 8.33. The van der Waals surface area contributed by atoms with Crippen LogP contribution < -0.4 is 0 Å². The van der Waals surface area contributed by atoms with Gasteiger partial charge >= 0.3 is 0 Å². The van der Waals surface area contributed by atoms with Gasteiger partial charge in [-0.2, -0.15) is 0 Å². The van der Waals surface area contributed by atoms with E-state index in [0.717, 1.165) is 12.0 Å². The van der Waals surface area contributed by atoms with Crippen molar-refractivity contribution in [3.63, 3.8) is 0 Å². The molecule has 1 N–H and O–H groups in total. The molecule has 0 spiro atoms. The molecule has 1 aromatic rings. The highest BCUT2D eigenvalue weighted by molar-refractivity contribution is 6.83. The molecular weight excluding hydrogens is 236 g/mol. The van der Waals surface area contributed by atoms with E-state index in [9.17, 15) is 0 Å². The monoisotopic (exact) mass is 260 g/mol. The van der Waals surface area contributed by atoms with Crippen LogP contribution >= 0.6 is 0 Å². The Morgan fingerprint density at radius 1 is 1.28 bits per heavy atom. The van der Waals surface area contributed by atoms with Crippen molar-refractivity contribution in [1.82, 2.24) is 0 Å². The summed E-state index contributed by atoms with van der Waals surface area (Å²) in [5, 5.41) is 9.07. The smallest absolute Gasteiger partial charge is 0.129 e. The van der Waals surface area contributed by atoms with Crippen LogP contribution in [0.5, 0.6) is 0 Å². The summed E-state index contributed by atoms with van der Waals surface area (Å²) in [4.78, 5) is 0. The first kappa shape index (κ1) is 15.0. The summed E-state index contributed by atoms with van der Waals surface area (Å²) in [6.45, 7) is 11.3. The highest BCUT2D eigenvalue weighted by Crippen LogP contribution is 2.23. The Morgan fingerprint density at radius 2 is 1.94 bits per heavy atom. The quantitative estimate of drug-likeness (QED) is 0.649. The van der Waals surface area contributed by atoms with Gasteiger partial charge < -0.3 is 5.11 Å². The second-order valence-corrected chi connectivity index (χ2v) is 10.8. The molecule has 1 nitrogen and oxygen atoms in total. The molecule has 0 aliphatic carbocycles. The summed E-state index contributed by atoms with van der Waals surface area (Å²) < 4.78 is 0. The third-order valence-corrected chi connectivity index (χ3v) is 3.75. The van der Waals surface area contributed by atoms with E-state index in [4.69, 9.17) is 5.11 Å². The van der Waals surface area contributed by atoms with E-state index in [1.54, 1.807) is 0 Å². The molecule has 98 valence electrons. The Labute approximate surface area is 112 Å². The summed E-state index contributed by atoms with van der Waals surface area (Å²) in [6.07, 6.45) is 0.796. The third kappa shape index (κ3) is 4.68. The molecule has 0 bridgehead atoms. The van der Waals surface area contributed by atoms with Gasteiger partial charge in [0, 0.05) is 12.2 Å². The van der Waals surface area contributed by atoms with Crippen LogP contribution in [0.25, 0.3) is 0 Å². The molecule has 1 aromatic carbocycles. The van der Waals surface area contributed by atoms with Gasteiger partial charge in [0.15, 0.2) is 0 Å². The molecule has 0 radical (unpaired) electrons. The first-order valence-electron chi connectivity index (χ1n) is 6.58. The summed E-state index contributed by atoms with van der Waals surface area (Å²) in [7, 11) is -1.34. The third-order valence-electron chi connectivity index (χ3n) is 2.87. The van der Waals surface area contributed by atoms with E-state index in [-0.39, 0.29) is 6.61 Å². The van der Waals surface area contributed by atoms with Gasteiger partial charge in [0.25, 0.3) is 0 Å². The Morgan fingerprint density at radius 3 is 2.50 bits per heavy atom. The predicted molar refractivity (Wildman–Crippen MR) is 81.5 cm³/mol. The number of hydrogen-bond acceptors (Lipinski definition) is 1. The summed E-state index contributed by atoms with van der Waals surface area (Å²) in [5.74, 6) is 3.73. The lowest BCUT2D eigenvalue weighted by atomic mass is 9.92. The zero-order chi connectivity index (χ0) is 13.8. The van der Waals surface area contributed by atoms with Crippen molar-refractivity contribution >= 4 is 8.07 Å². The number of hydrogen-bond donors (Lipinski definition) is 1. The Kier molecular flexibility index (Phi) is 5.19. The van der Waals surface area contributed by atoms with Gasteiger partial charge in [-0.05, 0) is 36.5 Å². The SMILES string of the molecule is Cc1ccc([C@@H](C)CCO)c(C#C[Si](C)(C)C)c1. The van der Waals surface area contributed by atoms with Crippen LogP contribution in [0.4, 0.5) is 0 Å². The molecule has 1 atom stereocenters. The predicted octanol–water partition coefficient (Wildman–Crippen LogP) is 3.71. The fourth-order valence-corrected chi connectivity index (χ4v) is 2.32. The second kappa shape index (κ2) is 6.22. The summed E-state index contributed by atoms with van der Waals surface area (Å²) in [6, 6.07) is 6.45. The average Bonchev–Trinajstić information content (AvgIpc) is 2.25. The van der Waals surface area contributed by atoms with Crippen LogP contribution in [-0.4, -0.2) is 19.8 Å². The largest absolute Gasteiger partial charge is 0.396 e. The molecule has 2 heteroatoms. The van der Waals surface area contributed by atoms with Crippen LogP contribution in [-0.2, 0) is 0 Å². The van der Waals surface area contributed by atoms with Gasteiger partial charge in [-0.15, -0.1) is 5.54 Å². The molecule has 0 heterocycles. The normalized spacial score (nSPS) is 12.8. The molecule has 1 rings (SSSR count). The highest BCUT2D eigenvalue weighted by atomic mass is 28.3. The molecule has 0 unspecified atom stereocenters. The van der Waals surface area contributed by atoms with Crippen molar-refractivity contribution < 1.29 is 5.11 Å². The molecule has 18 heavy (non-hydrogen) atoms. The van der Waals surface area contributed by atoms with Crippen LogP contribution in [0.15, 0.2) is 18.2 Å². The zero-order valence-electron chi connectivity index (χ0n) is 12.2. The molecule has 0 aromatic heterocycles. The first-order valence-corrected chi connectivity index (χ1v) is 10.1. The maximum Gasteiger partial charge on any atom is 0.129 e. The van der Waals surface area contributed by atoms with E-state index in [0.29, 0.717) is 5.92 Å². The second-order valence-electron chi connectivity index (χ2n) is 6.00. The molecule has 0 amide bonds. The Balaban J connectivity index is 3.14. The van der Waals surface area contributed by atoms with Gasteiger partial charge in [0.2, 0.25) is 0 Å². The average molecular weight is 260 g/mol. The minimum Gasteiger partial charge on any atom is -0.396 e. The van der Waals surface area contributed by atoms with E-state index in [2.05, 4.69) is 63.2 Å². The lowest BCUT2D eigenvalue weighted by Crippen LogP contribution is -2.16. The number of rotatable bonds is 3. The lowest BCUT2D eigenvalue weighted by molar-refractivity contribution is 0.278. The van der Waals surface area contributed by atoms with Gasteiger partial charge in [-0.3, -0.25) is 0 Å². The van der Waals surface area contributed by atoms with Crippen LogP contribution in [0.2, 0.25) is 19.6 Å². The van der Waals surface area contributed by atoms with E-state index in [1.807, 2.05) is 0 Å². The van der Waals surface area contributed by atoms with Gasteiger partial charge in [-0.1, -0.05) is 44.6 Å². The van der Waals surface area contributed by atoms with Crippen molar-refractivity contribution in [3.05, 3.63) is 34.9 Å². The molecule has 0 saturated carbocycles. The van der Waals surface area contributed by atoms with E-state index >= 15 is 0 Å². The Hall–Kier alpha value is -1.04. The van der Waals surface area contributed by atoms with E-state index < -0.39 is 8.07 Å². The number of aryl methyl sites for hydroxylation is 1. The fourth-order valence-electron chi connectivity index (χ4n) is 1.81. The number of aliphatic hydroxyl groups is 1. The van der Waals surface area contributed by atoms with Crippen molar-refractivity contribution in [2.24, 2.45) is 0 Å². The van der Waals surface area contributed by atoms with Crippen LogP contribution in [0.1, 0.15) is 36.0 Å². The maximum absolute atomic E-state index is 9.07. The molecule has 0 aliphatic rings. The Bertz CT molecular complexity index is 460.